The fraction of sp³-hybridized carbons (Fsp3) is 0.600. The van der Waals surface area contributed by atoms with Crippen LogP contribution in [0.3, 0.4) is 0 Å². The van der Waals surface area contributed by atoms with Gasteiger partial charge < -0.3 is 37.0 Å². The van der Waals surface area contributed by atoms with Crippen molar-refractivity contribution in [2.24, 2.45) is 5.73 Å². The van der Waals surface area contributed by atoms with E-state index in [1.54, 1.807) is 0 Å². The largest absolute Gasteiger partial charge is 0.481 e. The Morgan fingerprint density at radius 1 is 0.733 bits per heavy atom. The summed E-state index contributed by atoms with van der Waals surface area (Å²) >= 11 is 7.74. The minimum Gasteiger partial charge on any atom is -0.481 e. The predicted molar refractivity (Wildman–Crippen MR) is 108 cm³/mol. The minimum absolute atomic E-state index is 0.0407. The number of carboxylic acids is 3. The van der Waals surface area contributed by atoms with Gasteiger partial charge in [0.25, 0.3) is 0 Å². The molecule has 0 aromatic heterocycles. The molecule has 0 aliphatic heterocycles. The Morgan fingerprint density at radius 3 is 1.67 bits per heavy atom. The molecule has 0 spiro atoms. The van der Waals surface area contributed by atoms with Crippen molar-refractivity contribution < 1.29 is 44.1 Å². The van der Waals surface area contributed by atoms with E-state index >= 15 is 0 Å². The molecule has 15 heteroatoms. The van der Waals surface area contributed by atoms with Crippen molar-refractivity contribution in [3.05, 3.63) is 0 Å². The maximum atomic E-state index is 12.5. The van der Waals surface area contributed by atoms with Crippen LogP contribution in [0.1, 0.15) is 19.3 Å². The Kier molecular flexibility index (Phi) is 12.5. The zero-order valence-electron chi connectivity index (χ0n) is 15.6. The van der Waals surface area contributed by atoms with E-state index in [1.807, 2.05) is 5.32 Å². The van der Waals surface area contributed by atoms with Gasteiger partial charge in [0.15, 0.2) is 0 Å². The lowest BCUT2D eigenvalue weighted by molar-refractivity contribution is -0.147. The van der Waals surface area contributed by atoms with Crippen molar-refractivity contribution in [1.29, 1.82) is 0 Å². The summed E-state index contributed by atoms with van der Waals surface area (Å²) < 4.78 is 0. The molecule has 0 rings (SSSR count). The number of aliphatic carboxylic acids is 3. The van der Waals surface area contributed by atoms with Crippen molar-refractivity contribution in [2.75, 3.05) is 11.5 Å². The highest BCUT2D eigenvalue weighted by atomic mass is 32.1. The molecule has 30 heavy (non-hydrogen) atoms. The van der Waals surface area contributed by atoms with E-state index < -0.39 is 72.6 Å². The van der Waals surface area contributed by atoms with Crippen LogP contribution in [0.2, 0.25) is 0 Å². The first kappa shape index (κ1) is 27.5. The van der Waals surface area contributed by atoms with E-state index in [0.717, 1.165) is 0 Å². The summed E-state index contributed by atoms with van der Waals surface area (Å²) in [6.07, 6.45) is -1.69. The molecule has 3 amide bonds. The van der Waals surface area contributed by atoms with Gasteiger partial charge in [0.05, 0.1) is 12.5 Å². The molecule has 0 radical (unpaired) electrons. The third-order valence-electron chi connectivity index (χ3n) is 3.62. The van der Waals surface area contributed by atoms with Crippen molar-refractivity contribution in [2.45, 2.75) is 43.4 Å². The van der Waals surface area contributed by atoms with Crippen molar-refractivity contribution in [1.82, 2.24) is 16.0 Å². The quantitative estimate of drug-likeness (QED) is 0.118. The van der Waals surface area contributed by atoms with Crippen LogP contribution in [-0.2, 0) is 28.8 Å². The monoisotopic (exact) mass is 468 g/mol. The zero-order chi connectivity index (χ0) is 23.4. The van der Waals surface area contributed by atoms with Gasteiger partial charge >= 0.3 is 17.9 Å². The molecule has 0 aliphatic rings. The van der Waals surface area contributed by atoms with Crippen molar-refractivity contribution >= 4 is 60.9 Å². The highest BCUT2D eigenvalue weighted by molar-refractivity contribution is 7.80. The van der Waals surface area contributed by atoms with Gasteiger partial charge in [-0.15, -0.1) is 0 Å². The second kappa shape index (κ2) is 13.7. The van der Waals surface area contributed by atoms with Crippen molar-refractivity contribution in [3.63, 3.8) is 0 Å². The Labute approximate surface area is 181 Å². The first-order valence-electron chi connectivity index (χ1n) is 8.47. The molecular weight excluding hydrogens is 444 g/mol. The Morgan fingerprint density at radius 2 is 1.23 bits per heavy atom. The van der Waals surface area contributed by atoms with Gasteiger partial charge in [-0.25, -0.2) is 4.79 Å². The Bertz CT molecular complexity index is 676. The molecule has 0 saturated carbocycles. The normalized spacial score (nSPS) is 14.5. The first-order valence-corrected chi connectivity index (χ1v) is 9.74. The van der Waals surface area contributed by atoms with E-state index in [4.69, 9.17) is 21.1 Å². The lowest BCUT2D eigenvalue weighted by Gasteiger charge is -2.23. The van der Waals surface area contributed by atoms with Gasteiger partial charge in [0, 0.05) is 17.9 Å². The third kappa shape index (κ3) is 10.3. The van der Waals surface area contributed by atoms with Crippen LogP contribution in [0.5, 0.6) is 0 Å². The number of hydrogen-bond acceptors (Lipinski definition) is 9. The molecule has 0 fully saturated rings. The molecule has 0 aromatic rings. The summed E-state index contributed by atoms with van der Waals surface area (Å²) in [6, 6.07) is -5.56. The van der Waals surface area contributed by atoms with E-state index in [2.05, 4.69) is 35.9 Å². The molecule has 0 bridgehead atoms. The minimum atomic E-state index is -1.75. The summed E-state index contributed by atoms with van der Waals surface area (Å²) in [5.74, 6) is -7.36. The van der Waals surface area contributed by atoms with Gasteiger partial charge in [-0.3, -0.25) is 24.0 Å². The Hall–Kier alpha value is -2.52. The molecular formula is C15H24N4O9S2. The summed E-state index contributed by atoms with van der Waals surface area (Å²) in [4.78, 5) is 69.2. The maximum Gasteiger partial charge on any atom is 0.326 e. The number of nitrogens with one attached hydrogen (secondary N) is 3. The number of thiol groups is 2. The average Bonchev–Trinajstić information content (AvgIpc) is 2.66. The highest BCUT2D eigenvalue weighted by Crippen LogP contribution is 2.02. The molecule has 170 valence electrons. The number of hydrogen-bond donors (Lipinski definition) is 9. The summed E-state index contributed by atoms with van der Waals surface area (Å²) in [6.45, 7) is 0. The van der Waals surface area contributed by atoms with E-state index in [1.165, 1.54) is 0 Å². The van der Waals surface area contributed by atoms with Gasteiger partial charge in [0.2, 0.25) is 17.7 Å². The molecule has 0 saturated heterocycles. The first-order chi connectivity index (χ1) is 13.9. The van der Waals surface area contributed by atoms with Crippen molar-refractivity contribution in [3.8, 4) is 0 Å². The fourth-order valence-electron chi connectivity index (χ4n) is 2.01. The topological polar surface area (TPSA) is 225 Å². The number of amides is 3. The third-order valence-corrected chi connectivity index (χ3v) is 4.38. The van der Waals surface area contributed by atoms with Crippen LogP contribution in [-0.4, -0.2) is 86.6 Å². The van der Waals surface area contributed by atoms with Gasteiger partial charge in [0.1, 0.15) is 18.1 Å². The molecule has 8 N–H and O–H groups in total. The maximum absolute atomic E-state index is 12.5. The number of carbonyl (C=O) groups excluding carboxylic acids is 3. The number of rotatable bonds is 14. The standard InChI is InChI=1S/C15H24N4O9S2/c16-6(4-29)12(24)17-7(1-2-10(20)21)13(25)19-9(5-30)14(26)18-8(15(27)28)3-11(22)23/h6-9,29-30H,1-5,16H2,(H,17,24)(H,18,26)(H,19,25)(H,20,21)(H,22,23)(H,27,28). The summed E-state index contributed by atoms with van der Waals surface area (Å²) in [5.41, 5.74) is 5.50. The van der Waals surface area contributed by atoms with E-state index in [0.29, 0.717) is 0 Å². The molecule has 4 unspecified atom stereocenters. The summed E-state index contributed by atoms with van der Waals surface area (Å²) in [7, 11) is 0. The van der Waals surface area contributed by atoms with Crippen LogP contribution in [0.25, 0.3) is 0 Å². The van der Waals surface area contributed by atoms with E-state index in [-0.39, 0.29) is 17.9 Å². The second-order valence-electron chi connectivity index (χ2n) is 6.02. The predicted octanol–water partition coefficient (Wildman–Crippen LogP) is -2.95. The van der Waals surface area contributed by atoms with Crippen LogP contribution in [0.15, 0.2) is 0 Å². The lowest BCUT2D eigenvalue weighted by Crippen LogP contribution is -2.58. The lowest BCUT2D eigenvalue weighted by atomic mass is 10.1. The van der Waals surface area contributed by atoms with Gasteiger partial charge in [-0.2, -0.15) is 25.3 Å². The number of carboxylic acid groups (broad SMARTS) is 3. The van der Waals surface area contributed by atoms with Crippen LogP contribution >= 0.6 is 25.3 Å². The van der Waals surface area contributed by atoms with Crippen LogP contribution < -0.4 is 21.7 Å². The molecule has 0 aromatic carbocycles. The molecule has 0 heterocycles. The van der Waals surface area contributed by atoms with E-state index in [9.17, 15) is 28.8 Å². The molecule has 0 aliphatic carbocycles. The second-order valence-corrected chi connectivity index (χ2v) is 6.75. The molecule has 4 atom stereocenters. The Balaban J connectivity index is 5.26. The smallest absolute Gasteiger partial charge is 0.326 e. The fourth-order valence-corrected chi connectivity index (χ4v) is 2.43. The average molecular weight is 469 g/mol. The number of nitrogens with two attached hydrogens (primary N) is 1. The highest BCUT2D eigenvalue weighted by Gasteiger charge is 2.30. The molecule has 13 nitrogen and oxygen atoms in total. The summed E-state index contributed by atoms with van der Waals surface area (Å²) in [5, 5.41) is 32.9. The van der Waals surface area contributed by atoms with Crippen LogP contribution in [0, 0.1) is 0 Å². The zero-order valence-corrected chi connectivity index (χ0v) is 17.4. The van der Waals surface area contributed by atoms with Gasteiger partial charge in [-0.1, -0.05) is 0 Å². The number of carbonyl (C=O) groups is 6. The van der Waals surface area contributed by atoms with Crippen LogP contribution in [0.4, 0.5) is 0 Å². The van der Waals surface area contributed by atoms with Gasteiger partial charge in [-0.05, 0) is 6.42 Å². The SMILES string of the molecule is NC(CS)C(=O)NC(CCC(=O)O)C(=O)NC(CS)C(=O)NC(CC(=O)O)C(=O)O.